The molecule has 0 aliphatic carbocycles. The van der Waals surface area contributed by atoms with Crippen LogP contribution >= 0.6 is 22.6 Å². The van der Waals surface area contributed by atoms with Crippen LogP contribution in [0.5, 0.6) is 11.5 Å². The second-order valence-electron chi connectivity index (χ2n) is 7.01. The second kappa shape index (κ2) is 9.35. The Balaban J connectivity index is 1.56. The number of benzene rings is 3. The van der Waals surface area contributed by atoms with Gasteiger partial charge in [0.25, 0.3) is 0 Å². The van der Waals surface area contributed by atoms with Crippen LogP contribution in [-0.2, 0) is 9.53 Å². The zero-order chi connectivity index (χ0) is 22.7. The van der Waals surface area contributed by atoms with E-state index >= 15 is 0 Å². The number of cyclic esters (lactones) is 1. The van der Waals surface area contributed by atoms with Gasteiger partial charge in [-0.2, -0.15) is 0 Å². The van der Waals surface area contributed by atoms with E-state index in [-0.39, 0.29) is 17.3 Å². The highest BCUT2D eigenvalue weighted by Crippen LogP contribution is 2.30. The summed E-state index contributed by atoms with van der Waals surface area (Å²) in [7, 11) is 1.48. The predicted octanol–water partition coefficient (Wildman–Crippen LogP) is 5.17. The molecular weight excluding hydrogens is 521 g/mol. The first-order valence-corrected chi connectivity index (χ1v) is 10.8. The Labute approximate surface area is 198 Å². The van der Waals surface area contributed by atoms with Gasteiger partial charge in [0, 0.05) is 9.13 Å². The molecule has 0 radical (unpaired) electrons. The zero-order valence-corrected chi connectivity index (χ0v) is 19.5. The summed E-state index contributed by atoms with van der Waals surface area (Å²) in [4.78, 5) is 29.0. The molecule has 0 amide bonds. The SMILES string of the molecule is COc1cc(/C=C2\N=C(c3ccc(I)cc3)OC2=O)ccc1OC(=O)c1ccc(C)cc1. The van der Waals surface area contributed by atoms with Crippen molar-refractivity contribution in [2.75, 3.05) is 7.11 Å². The summed E-state index contributed by atoms with van der Waals surface area (Å²) in [5.41, 5.74) is 3.03. The molecule has 0 N–H and O–H groups in total. The fraction of sp³-hybridized carbons (Fsp3) is 0.0800. The van der Waals surface area contributed by atoms with Gasteiger partial charge in [-0.15, -0.1) is 0 Å². The van der Waals surface area contributed by atoms with Gasteiger partial charge in [-0.3, -0.25) is 0 Å². The Morgan fingerprint density at radius 1 is 1.00 bits per heavy atom. The van der Waals surface area contributed by atoms with Gasteiger partial charge in [0.05, 0.1) is 12.7 Å². The highest BCUT2D eigenvalue weighted by Gasteiger charge is 2.24. The molecule has 0 spiro atoms. The van der Waals surface area contributed by atoms with Gasteiger partial charge < -0.3 is 14.2 Å². The summed E-state index contributed by atoms with van der Waals surface area (Å²) in [6.45, 7) is 1.94. The molecule has 1 aliphatic rings. The van der Waals surface area contributed by atoms with Gasteiger partial charge in [-0.05, 0) is 89.7 Å². The lowest BCUT2D eigenvalue weighted by atomic mass is 10.1. The first-order chi connectivity index (χ1) is 15.4. The van der Waals surface area contributed by atoms with Gasteiger partial charge in [-0.1, -0.05) is 23.8 Å². The molecule has 0 aromatic heterocycles. The molecule has 1 heterocycles. The van der Waals surface area contributed by atoms with Crippen LogP contribution in [0.2, 0.25) is 0 Å². The van der Waals surface area contributed by atoms with Gasteiger partial charge in [0.1, 0.15) is 0 Å². The minimum absolute atomic E-state index is 0.171. The summed E-state index contributed by atoms with van der Waals surface area (Å²) < 4.78 is 17.2. The third-order valence-corrected chi connectivity index (χ3v) is 5.41. The van der Waals surface area contributed by atoms with Crippen molar-refractivity contribution in [1.82, 2.24) is 0 Å². The van der Waals surface area contributed by atoms with E-state index in [4.69, 9.17) is 14.2 Å². The monoisotopic (exact) mass is 539 g/mol. The van der Waals surface area contributed by atoms with Crippen molar-refractivity contribution in [3.8, 4) is 11.5 Å². The third kappa shape index (κ3) is 4.88. The maximum absolute atomic E-state index is 12.4. The topological polar surface area (TPSA) is 74.2 Å². The summed E-state index contributed by atoms with van der Waals surface area (Å²) in [6, 6.07) is 19.6. The van der Waals surface area contributed by atoms with E-state index in [0.29, 0.717) is 16.9 Å². The fourth-order valence-corrected chi connectivity index (χ4v) is 3.35. The molecule has 3 aromatic carbocycles. The van der Waals surface area contributed by atoms with Crippen molar-refractivity contribution in [1.29, 1.82) is 0 Å². The maximum Gasteiger partial charge on any atom is 0.363 e. The van der Waals surface area contributed by atoms with Crippen LogP contribution in [0.1, 0.15) is 27.0 Å². The number of carbonyl (C=O) groups is 2. The number of hydrogen-bond acceptors (Lipinski definition) is 6. The summed E-state index contributed by atoms with van der Waals surface area (Å²) in [5, 5.41) is 0. The highest BCUT2D eigenvalue weighted by atomic mass is 127. The van der Waals surface area contributed by atoms with Crippen molar-refractivity contribution in [3.63, 3.8) is 0 Å². The molecule has 0 fully saturated rings. The fourth-order valence-electron chi connectivity index (χ4n) is 2.99. The molecule has 32 heavy (non-hydrogen) atoms. The van der Waals surface area contributed by atoms with Gasteiger partial charge in [0.15, 0.2) is 17.2 Å². The van der Waals surface area contributed by atoms with E-state index in [2.05, 4.69) is 27.6 Å². The molecular formula is C25H18INO5. The highest BCUT2D eigenvalue weighted by molar-refractivity contribution is 14.1. The van der Waals surface area contributed by atoms with Crippen LogP contribution in [0.15, 0.2) is 77.4 Å². The van der Waals surface area contributed by atoms with E-state index in [1.54, 1.807) is 36.4 Å². The number of hydrogen-bond donors (Lipinski definition) is 0. The molecule has 0 unspecified atom stereocenters. The van der Waals surface area contributed by atoms with Gasteiger partial charge >= 0.3 is 11.9 Å². The predicted molar refractivity (Wildman–Crippen MR) is 129 cm³/mol. The van der Waals surface area contributed by atoms with Crippen LogP contribution in [-0.4, -0.2) is 24.9 Å². The van der Waals surface area contributed by atoms with Crippen LogP contribution in [0, 0.1) is 10.5 Å². The number of ether oxygens (including phenoxy) is 3. The lowest BCUT2D eigenvalue weighted by molar-refractivity contribution is -0.129. The Hall–Kier alpha value is -3.46. The summed E-state index contributed by atoms with van der Waals surface area (Å²) in [5.74, 6) is -0.133. The number of rotatable bonds is 5. The Kier molecular flexibility index (Phi) is 6.36. The Morgan fingerprint density at radius 3 is 2.41 bits per heavy atom. The minimum atomic E-state index is -0.535. The van der Waals surface area contributed by atoms with E-state index in [1.165, 1.54) is 7.11 Å². The lowest BCUT2D eigenvalue weighted by Gasteiger charge is -2.10. The molecule has 0 bridgehead atoms. The molecule has 6 nitrogen and oxygen atoms in total. The number of aryl methyl sites for hydroxylation is 1. The summed E-state index contributed by atoms with van der Waals surface area (Å²) >= 11 is 2.20. The molecule has 1 aliphatic heterocycles. The lowest BCUT2D eigenvalue weighted by Crippen LogP contribution is -2.09. The van der Waals surface area contributed by atoms with Crippen LogP contribution < -0.4 is 9.47 Å². The first kappa shape index (κ1) is 21.8. The summed E-state index contributed by atoms with van der Waals surface area (Å²) in [6.07, 6.45) is 1.59. The van der Waals surface area contributed by atoms with Crippen molar-refractivity contribution in [3.05, 3.63) is 98.3 Å². The average molecular weight is 539 g/mol. The standard InChI is InChI=1S/C25H18INO5/c1-15-3-6-18(7-4-15)24(28)31-21-12-5-16(14-22(21)30-2)13-20-25(29)32-23(27-20)17-8-10-19(26)11-9-17/h3-14H,1-2H3/b20-13-. The average Bonchev–Trinajstić information content (AvgIpc) is 3.15. The molecule has 3 aromatic rings. The smallest absolute Gasteiger partial charge is 0.363 e. The molecule has 0 atom stereocenters. The molecule has 7 heteroatoms. The molecule has 160 valence electrons. The molecule has 0 saturated carbocycles. The van der Waals surface area contributed by atoms with Crippen LogP contribution in [0.3, 0.4) is 0 Å². The normalized spacial score (nSPS) is 14.2. The van der Waals surface area contributed by atoms with E-state index in [0.717, 1.165) is 14.7 Å². The van der Waals surface area contributed by atoms with Crippen LogP contribution in [0.25, 0.3) is 6.08 Å². The van der Waals surface area contributed by atoms with Gasteiger partial charge in [0.2, 0.25) is 5.90 Å². The maximum atomic E-state index is 12.4. The number of methoxy groups -OCH3 is 1. The van der Waals surface area contributed by atoms with Crippen molar-refractivity contribution < 1.29 is 23.8 Å². The van der Waals surface area contributed by atoms with E-state index < -0.39 is 11.9 Å². The second-order valence-corrected chi connectivity index (χ2v) is 8.25. The number of nitrogens with zero attached hydrogens (tertiary/aromatic N) is 1. The molecule has 0 saturated heterocycles. The van der Waals surface area contributed by atoms with Crippen LogP contribution in [0.4, 0.5) is 0 Å². The molecule has 4 rings (SSSR count). The minimum Gasteiger partial charge on any atom is -0.493 e. The largest absolute Gasteiger partial charge is 0.493 e. The van der Waals surface area contributed by atoms with Crippen molar-refractivity contribution in [2.24, 2.45) is 4.99 Å². The Bertz CT molecular complexity index is 1240. The zero-order valence-electron chi connectivity index (χ0n) is 17.3. The van der Waals surface area contributed by atoms with Crippen molar-refractivity contribution in [2.45, 2.75) is 6.92 Å². The first-order valence-electron chi connectivity index (χ1n) is 9.68. The number of halogens is 1. The van der Waals surface area contributed by atoms with Crippen molar-refractivity contribution >= 4 is 46.5 Å². The van der Waals surface area contributed by atoms with E-state index in [1.807, 2.05) is 43.3 Å². The Morgan fingerprint density at radius 2 is 1.72 bits per heavy atom. The van der Waals surface area contributed by atoms with Gasteiger partial charge in [-0.25, -0.2) is 14.6 Å². The third-order valence-electron chi connectivity index (χ3n) is 4.69. The number of carbonyl (C=O) groups excluding carboxylic acids is 2. The number of esters is 2. The number of aliphatic imine (C=N–C) groups is 1. The van der Waals surface area contributed by atoms with E-state index in [9.17, 15) is 9.59 Å². The quantitative estimate of drug-likeness (QED) is 0.194.